The van der Waals surface area contributed by atoms with Crippen molar-refractivity contribution in [3.63, 3.8) is 0 Å². The number of aromatic nitrogens is 4. The summed E-state index contributed by atoms with van der Waals surface area (Å²) in [5.74, 6) is 1.88. The summed E-state index contributed by atoms with van der Waals surface area (Å²) >= 11 is 0. The molecular formula is C51H51N7O4. The van der Waals surface area contributed by atoms with Gasteiger partial charge in [-0.3, -0.25) is 4.90 Å². The van der Waals surface area contributed by atoms with Crippen LogP contribution >= 0.6 is 0 Å². The molecule has 314 valence electrons. The first-order valence-electron chi connectivity index (χ1n) is 21.8. The van der Waals surface area contributed by atoms with Crippen molar-refractivity contribution >= 4 is 28.6 Å². The van der Waals surface area contributed by atoms with Gasteiger partial charge in [0.05, 0.1) is 43.0 Å². The number of nitrogens with zero attached hydrogens (tertiary/aromatic N) is 4. The zero-order chi connectivity index (χ0) is 42.5. The number of fused-ring (bicyclic) bond motifs is 4. The van der Waals surface area contributed by atoms with E-state index in [1.807, 2.05) is 6.20 Å². The molecule has 2 aromatic heterocycles. The highest BCUT2D eigenvalue weighted by Gasteiger charge is 2.35. The van der Waals surface area contributed by atoms with Gasteiger partial charge in [-0.15, -0.1) is 0 Å². The molecular weight excluding hydrogens is 775 g/mol. The normalized spacial score (nSPS) is 17.4. The number of aromatic amines is 2. The van der Waals surface area contributed by atoms with Crippen molar-refractivity contribution < 1.29 is 19.4 Å². The van der Waals surface area contributed by atoms with Crippen molar-refractivity contribution in [2.45, 2.75) is 70.5 Å². The standard InChI is InChI=1S/C51H51N7O4/c1-30(2)42(56-50(59)62-3)27-38-20-21-40-39-9-5-4-8-36(39)26-41(40)47(38)57-22-6-10-45(57)48-53-29-44(55-48)37-19-18-34-24-33(16-17-35(34)25-37)31-12-14-32(15-13-31)43-28-52-49(54-43)46-11-7-23-58(46)51(60)61/h4-5,8-9,12-21,24-25,28-30,42,45-46H,6-7,10-11,22-23,26-27H2,1-3H3,(H,52,54)(H,53,55)(H,56,59)(H,60,61)/t42-,45-,46?/m0/s1. The number of hydrogen-bond acceptors (Lipinski definition) is 6. The zero-order valence-electron chi connectivity index (χ0n) is 35.3. The molecule has 7 aromatic rings. The molecule has 5 aromatic carbocycles. The monoisotopic (exact) mass is 825 g/mol. The van der Waals surface area contributed by atoms with Crippen LogP contribution in [-0.2, 0) is 17.6 Å². The lowest BCUT2D eigenvalue weighted by molar-refractivity contribution is 0.138. The third-order valence-electron chi connectivity index (χ3n) is 13.3. The summed E-state index contributed by atoms with van der Waals surface area (Å²) in [7, 11) is 1.42. The van der Waals surface area contributed by atoms with Gasteiger partial charge in [0.25, 0.3) is 0 Å². The third kappa shape index (κ3) is 7.25. The Kier molecular flexibility index (Phi) is 10.3. The summed E-state index contributed by atoms with van der Waals surface area (Å²) < 4.78 is 5.02. The van der Waals surface area contributed by atoms with Crippen molar-refractivity contribution in [1.82, 2.24) is 30.2 Å². The number of benzene rings is 5. The summed E-state index contributed by atoms with van der Waals surface area (Å²) in [5, 5.41) is 15.0. The van der Waals surface area contributed by atoms with Crippen molar-refractivity contribution in [3.05, 3.63) is 138 Å². The number of carbonyl (C=O) groups excluding carboxylic acids is 1. The molecule has 3 atom stereocenters. The lowest BCUT2D eigenvalue weighted by Crippen LogP contribution is -2.40. The van der Waals surface area contributed by atoms with E-state index >= 15 is 0 Å². The van der Waals surface area contributed by atoms with E-state index < -0.39 is 12.2 Å². The Bertz CT molecular complexity index is 2810. The largest absolute Gasteiger partial charge is 0.465 e. The molecule has 2 aliphatic heterocycles. The first-order chi connectivity index (χ1) is 30.2. The van der Waals surface area contributed by atoms with Crippen molar-refractivity contribution in [3.8, 4) is 44.8 Å². The van der Waals surface area contributed by atoms with Crippen LogP contribution in [0.3, 0.4) is 0 Å². The fourth-order valence-electron chi connectivity index (χ4n) is 10.0. The van der Waals surface area contributed by atoms with E-state index in [1.165, 1.54) is 45.5 Å². The number of carbonyl (C=O) groups is 2. The number of rotatable bonds is 10. The quantitative estimate of drug-likeness (QED) is 0.108. The second kappa shape index (κ2) is 16.2. The number of H-pyrrole nitrogens is 2. The minimum Gasteiger partial charge on any atom is -0.465 e. The lowest BCUT2D eigenvalue weighted by Gasteiger charge is -2.32. The van der Waals surface area contributed by atoms with Crippen LogP contribution in [-0.4, -0.2) is 68.4 Å². The average molecular weight is 826 g/mol. The van der Waals surface area contributed by atoms with Crippen LogP contribution in [0.25, 0.3) is 55.5 Å². The van der Waals surface area contributed by atoms with Crippen LogP contribution in [0.2, 0.25) is 0 Å². The van der Waals surface area contributed by atoms with E-state index in [4.69, 9.17) is 9.72 Å². The smallest absolute Gasteiger partial charge is 0.407 e. The Morgan fingerprint density at radius 3 is 2.16 bits per heavy atom. The number of imidazole rings is 2. The molecule has 1 unspecified atom stereocenters. The molecule has 2 amide bonds. The maximum absolute atomic E-state index is 12.4. The third-order valence-corrected chi connectivity index (χ3v) is 13.3. The number of amides is 2. The molecule has 0 radical (unpaired) electrons. The SMILES string of the molecule is COC(=O)N[C@@H](Cc1ccc2c(c1N1CCC[C@H]1c1ncc(-c3ccc4cc(-c5ccc(-c6cnc(C7CCCN7C(=O)O)[nH]6)cc5)ccc4c3)[nH]1)Cc1ccccc1-2)C(C)C. The Labute approximate surface area is 361 Å². The zero-order valence-corrected chi connectivity index (χ0v) is 35.3. The molecule has 11 nitrogen and oxygen atoms in total. The van der Waals surface area contributed by atoms with E-state index in [1.54, 1.807) is 6.20 Å². The van der Waals surface area contributed by atoms with Gasteiger partial charge in [-0.25, -0.2) is 19.6 Å². The van der Waals surface area contributed by atoms with Crippen LogP contribution in [0.1, 0.15) is 80.0 Å². The summed E-state index contributed by atoms with van der Waals surface area (Å²) in [6.45, 7) is 5.76. The van der Waals surface area contributed by atoms with E-state index in [9.17, 15) is 14.7 Å². The number of nitrogens with one attached hydrogen (secondary N) is 3. The van der Waals surface area contributed by atoms with Gasteiger partial charge < -0.3 is 30.0 Å². The fourth-order valence-corrected chi connectivity index (χ4v) is 10.0. The summed E-state index contributed by atoms with van der Waals surface area (Å²) in [6.07, 6.45) is 7.71. The van der Waals surface area contributed by atoms with E-state index in [2.05, 4.69) is 136 Å². The highest BCUT2D eigenvalue weighted by atomic mass is 16.5. The highest BCUT2D eigenvalue weighted by Crippen LogP contribution is 2.47. The second-order valence-electron chi connectivity index (χ2n) is 17.3. The maximum Gasteiger partial charge on any atom is 0.407 e. The number of alkyl carbamates (subject to hydrolysis) is 1. The van der Waals surface area contributed by atoms with Crippen LogP contribution < -0.4 is 10.2 Å². The molecule has 0 bridgehead atoms. The van der Waals surface area contributed by atoms with Gasteiger partial charge in [0.1, 0.15) is 11.6 Å². The molecule has 62 heavy (non-hydrogen) atoms. The summed E-state index contributed by atoms with van der Waals surface area (Å²) in [5.41, 5.74) is 14.0. The molecule has 10 rings (SSSR count). The van der Waals surface area contributed by atoms with Gasteiger partial charge >= 0.3 is 12.2 Å². The van der Waals surface area contributed by atoms with Crippen LogP contribution in [0.4, 0.5) is 15.3 Å². The minimum absolute atomic E-state index is 0.0807. The fraction of sp³-hybridized carbons (Fsp3) is 0.294. The number of likely N-dealkylation sites (tertiary alicyclic amines) is 1. The molecule has 11 heteroatoms. The number of carboxylic acid groups (broad SMARTS) is 1. The molecule has 0 saturated carbocycles. The highest BCUT2D eigenvalue weighted by molar-refractivity contribution is 5.91. The molecule has 1 aliphatic carbocycles. The summed E-state index contributed by atoms with van der Waals surface area (Å²) in [6, 6.07) is 34.6. The minimum atomic E-state index is -0.902. The molecule has 3 aliphatic rings. The van der Waals surface area contributed by atoms with E-state index in [0.29, 0.717) is 18.8 Å². The van der Waals surface area contributed by atoms with Crippen LogP contribution in [0.5, 0.6) is 0 Å². The van der Waals surface area contributed by atoms with Gasteiger partial charge in [-0.05, 0) is 105 Å². The number of anilines is 1. The molecule has 2 saturated heterocycles. The Hall–Kier alpha value is -6.88. The van der Waals surface area contributed by atoms with Crippen molar-refractivity contribution in [2.75, 3.05) is 25.1 Å². The molecule has 0 spiro atoms. The predicted octanol–water partition coefficient (Wildman–Crippen LogP) is 10.9. The van der Waals surface area contributed by atoms with Gasteiger partial charge in [0.15, 0.2) is 0 Å². The van der Waals surface area contributed by atoms with E-state index in [-0.39, 0.29) is 24.0 Å². The average Bonchev–Trinajstić information content (AvgIpc) is 4.15. The van der Waals surface area contributed by atoms with Gasteiger partial charge in [-0.2, -0.15) is 0 Å². The molecule has 4 heterocycles. The molecule has 2 fully saturated rings. The first-order valence-corrected chi connectivity index (χ1v) is 21.8. The Morgan fingerprint density at radius 2 is 1.42 bits per heavy atom. The lowest BCUT2D eigenvalue weighted by atomic mass is 9.91. The van der Waals surface area contributed by atoms with Crippen molar-refractivity contribution in [1.29, 1.82) is 0 Å². The topological polar surface area (TPSA) is 139 Å². The predicted molar refractivity (Wildman–Crippen MR) is 243 cm³/mol. The Morgan fingerprint density at radius 1 is 0.774 bits per heavy atom. The number of ether oxygens (including phenoxy) is 1. The number of hydrogen-bond donors (Lipinski definition) is 4. The Balaban J connectivity index is 0.892. The van der Waals surface area contributed by atoms with Gasteiger partial charge in [0.2, 0.25) is 0 Å². The van der Waals surface area contributed by atoms with Crippen molar-refractivity contribution in [2.24, 2.45) is 5.92 Å². The second-order valence-corrected chi connectivity index (χ2v) is 17.3. The molecule has 4 N–H and O–H groups in total. The number of methoxy groups -OCH3 is 1. The van der Waals surface area contributed by atoms with E-state index in [0.717, 1.165) is 88.9 Å². The first kappa shape index (κ1) is 39.3. The van der Waals surface area contributed by atoms with Gasteiger partial charge in [-0.1, -0.05) is 98.8 Å². The van der Waals surface area contributed by atoms with Crippen LogP contribution in [0.15, 0.2) is 109 Å². The van der Waals surface area contributed by atoms with Crippen LogP contribution in [0, 0.1) is 5.92 Å². The van der Waals surface area contributed by atoms with Gasteiger partial charge in [0, 0.05) is 36.8 Å². The maximum atomic E-state index is 12.4. The summed E-state index contributed by atoms with van der Waals surface area (Å²) in [4.78, 5) is 44.9.